The van der Waals surface area contributed by atoms with Gasteiger partial charge in [-0.15, -0.1) is 11.3 Å². The van der Waals surface area contributed by atoms with Gasteiger partial charge in [0.1, 0.15) is 5.82 Å². The zero-order chi connectivity index (χ0) is 23.7. The van der Waals surface area contributed by atoms with Gasteiger partial charge >= 0.3 is 0 Å². The number of aromatic amines is 1. The van der Waals surface area contributed by atoms with E-state index in [1.807, 2.05) is 49.2 Å². The number of nitrogens with one attached hydrogen (secondary N) is 1. The Labute approximate surface area is 195 Å². The van der Waals surface area contributed by atoms with Gasteiger partial charge in [0, 0.05) is 48.4 Å². The molecule has 0 aliphatic rings. The van der Waals surface area contributed by atoms with E-state index in [0.29, 0.717) is 17.8 Å². The third kappa shape index (κ3) is 8.00. The van der Waals surface area contributed by atoms with E-state index in [9.17, 15) is 0 Å². The normalized spacial score (nSPS) is 10.7. The molecule has 0 spiro atoms. The second kappa shape index (κ2) is 12.2. The van der Waals surface area contributed by atoms with Gasteiger partial charge in [0.05, 0.1) is 16.4 Å². The van der Waals surface area contributed by atoms with E-state index in [-0.39, 0.29) is 0 Å². The molecule has 32 heavy (non-hydrogen) atoms. The fraction of sp³-hybridized carbons (Fsp3) is 0.458. The number of hydrogen-bond donors (Lipinski definition) is 1. The van der Waals surface area contributed by atoms with Crippen LogP contribution in [-0.2, 0) is 7.05 Å². The summed E-state index contributed by atoms with van der Waals surface area (Å²) in [7, 11) is 1.94. The summed E-state index contributed by atoms with van der Waals surface area (Å²) in [6.07, 6.45) is 5.59. The number of rotatable bonds is 4. The van der Waals surface area contributed by atoms with Gasteiger partial charge in [-0.1, -0.05) is 41.5 Å². The number of nitrogens with zero attached hydrogens (tertiary/aromatic N) is 6. The zero-order valence-electron chi connectivity index (χ0n) is 20.4. The Kier molecular flexibility index (Phi) is 9.71. The van der Waals surface area contributed by atoms with Gasteiger partial charge in [0.15, 0.2) is 5.82 Å². The van der Waals surface area contributed by atoms with E-state index in [1.165, 1.54) is 5.01 Å². The summed E-state index contributed by atoms with van der Waals surface area (Å²) in [5.74, 6) is 3.26. The maximum absolute atomic E-state index is 4.56. The minimum absolute atomic E-state index is 0.426. The highest BCUT2D eigenvalue weighted by Gasteiger charge is 2.07. The highest BCUT2D eigenvalue weighted by molar-refractivity contribution is 7.10. The summed E-state index contributed by atoms with van der Waals surface area (Å²) in [5.41, 5.74) is 3.29. The van der Waals surface area contributed by atoms with Crippen molar-refractivity contribution in [2.45, 2.75) is 66.2 Å². The maximum Gasteiger partial charge on any atom is 0.153 e. The molecule has 0 saturated carbocycles. The van der Waals surface area contributed by atoms with Crippen molar-refractivity contribution >= 4 is 11.3 Å². The molecular formula is C24H35N7S. The molecule has 4 rings (SSSR count). The SMILES string of the molecule is CC(C)c1ccn(C)n1.CC(C)c1nc(-c2cccnc2)cs1.Cc1nc(C(C)C)n[nH]1. The van der Waals surface area contributed by atoms with Crippen LogP contribution in [0.2, 0.25) is 0 Å². The Balaban J connectivity index is 0.000000178. The number of aryl methyl sites for hydroxylation is 2. The van der Waals surface area contributed by atoms with E-state index in [1.54, 1.807) is 17.5 Å². The van der Waals surface area contributed by atoms with E-state index < -0.39 is 0 Å². The molecule has 0 saturated heterocycles. The quantitative estimate of drug-likeness (QED) is 0.403. The summed E-state index contributed by atoms with van der Waals surface area (Å²) in [4.78, 5) is 12.8. The summed E-state index contributed by atoms with van der Waals surface area (Å²) in [5, 5.41) is 14.3. The van der Waals surface area contributed by atoms with E-state index >= 15 is 0 Å². The highest BCUT2D eigenvalue weighted by atomic mass is 32.1. The molecule has 0 atom stereocenters. The molecule has 0 radical (unpaired) electrons. The van der Waals surface area contributed by atoms with Gasteiger partial charge in [-0.2, -0.15) is 10.2 Å². The molecule has 0 fully saturated rings. The van der Waals surface area contributed by atoms with Crippen LogP contribution in [0, 0.1) is 6.92 Å². The summed E-state index contributed by atoms with van der Waals surface area (Å²) in [6.45, 7) is 14.6. The molecule has 4 aromatic rings. The van der Waals surface area contributed by atoms with Crippen molar-refractivity contribution in [3.63, 3.8) is 0 Å². The van der Waals surface area contributed by atoms with Crippen LogP contribution in [0.1, 0.15) is 81.6 Å². The summed E-state index contributed by atoms with van der Waals surface area (Å²) >= 11 is 1.71. The molecule has 0 aromatic carbocycles. The van der Waals surface area contributed by atoms with Gasteiger partial charge in [0.25, 0.3) is 0 Å². The van der Waals surface area contributed by atoms with Crippen molar-refractivity contribution in [2.75, 3.05) is 0 Å². The number of H-pyrrole nitrogens is 1. The first-order valence-electron chi connectivity index (χ1n) is 10.9. The van der Waals surface area contributed by atoms with E-state index in [2.05, 4.69) is 77.2 Å². The van der Waals surface area contributed by atoms with Crippen molar-refractivity contribution in [3.05, 3.63) is 64.5 Å². The first-order valence-corrected chi connectivity index (χ1v) is 11.8. The van der Waals surface area contributed by atoms with Crippen LogP contribution in [-0.4, -0.2) is 34.9 Å². The zero-order valence-corrected chi connectivity index (χ0v) is 21.2. The molecule has 172 valence electrons. The van der Waals surface area contributed by atoms with Crippen molar-refractivity contribution in [3.8, 4) is 11.3 Å². The smallest absolute Gasteiger partial charge is 0.153 e. The van der Waals surface area contributed by atoms with Crippen LogP contribution in [0.4, 0.5) is 0 Å². The third-order valence-electron chi connectivity index (χ3n) is 4.43. The Bertz CT molecular complexity index is 1000. The molecule has 0 aliphatic carbocycles. The first-order chi connectivity index (χ1) is 15.2. The molecule has 7 nitrogen and oxygen atoms in total. The molecular weight excluding hydrogens is 418 g/mol. The van der Waals surface area contributed by atoms with Crippen molar-refractivity contribution in [1.29, 1.82) is 0 Å². The average Bonchev–Trinajstić information content (AvgIpc) is 3.50. The molecule has 0 aliphatic heterocycles. The van der Waals surface area contributed by atoms with Gasteiger partial charge in [-0.3, -0.25) is 14.8 Å². The molecule has 8 heteroatoms. The fourth-order valence-corrected chi connectivity index (χ4v) is 3.40. The molecule has 0 amide bonds. The van der Waals surface area contributed by atoms with Crippen molar-refractivity contribution < 1.29 is 0 Å². The highest BCUT2D eigenvalue weighted by Crippen LogP contribution is 2.25. The second-order valence-corrected chi connectivity index (χ2v) is 9.36. The van der Waals surface area contributed by atoms with Crippen LogP contribution < -0.4 is 0 Å². The lowest BCUT2D eigenvalue weighted by atomic mass is 10.1. The van der Waals surface area contributed by atoms with Crippen LogP contribution >= 0.6 is 11.3 Å². The standard InChI is InChI=1S/C11H12N2S.C7H12N2.C6H11N3/c1-8(2)11-13-10(7-14-11)9-4-3-5-12-6-9;1-6(2)7-4-5-9(3)8-7;1-4(2)6-7-5(3)8-9-6/h3-8H,1-2H3;4-6H,1-3H3;4H,1-3H3,(H,7,8,9). The molecule has 4 aromatic heterocycles. The number of hydrogen-bond acceptors (Lipinski definition) is 6. The number of aromatic nitrogens is 7. The van der Waals surface area contributed by atoms with Crippen LogP contribution in [0.3, 0.4) is 0 Å². The largest absolute Gasteiger partial charge is 0.276 e. The van der Waals surface area contributed by atoms with Gasteiger partial charge in [0.2, 0.25) is 0 Å². The molecule has 0 unspecified atom stereocenters. The Morgan fingerprint density at radius 1 is 0.969 bits per heavy atom. The molecule has 1 N–H and O–H groups in total. The summed E-state index contributed by atoms with van der Waals surface area (Å²) < 4.78 is 1.83. The lowest BCUT2D eigenvalue weighted by Gasteiger charge is -1.97. The minimum Gasteiger partial charge on any atom is -0.276 e. The lowest BCUT2D eigenvalue weighted by molar-refractivity contribution is 0.713. The Morgan fingerprint density at radius 3 is 2.09 bits per heavy atom. The van der Waals surface area contributed by atoms with Crippen LogP contribution in [0.5, 0.6) is 0 Å². The average molecular weight is 454 g/mol. The van der Waals surface area contributed by atoms with Crippen LogP contribution in [0.15, 0.2) is 42.2 Å². The van der Waals surface area contributed by atoms with Gasteiger partial charge in [-0.05, 0) is 31.0 Å². The minimum atomic E-state index is 0.426. The van der Waals surface area contributed by atoms with Crippen molar-refractivity contribution in [2.24, 2.45) is 7.05 Å². The number of thiazole rings is 1. The Morgan fingerprint density at radius 2 is 1.72 bits per heavy atom. The first kappa shape index (κ1) is 25.4. The number of pyridine rings is 1. The van der Waals surface area contributed by atoms with Crippen molar-refractivity contribution in [1.82, 2.24) is 34.9 Å². The predicted octanol–water partition coefficient (Wildman–Crippen LogP) is 6.11. The third-order valence-corrected chi connectivity index (χ3v) is 5.58. The topological polar surface area (TPSA) is 85.2 Å². The molecule has 0 bridgehead atoms. The monoisotopic (exact) mass is 453 g/mol. The fourth-order valence-electron chi connectivity index (χ4n) is 2.56. The van der Waals surface area contributed by atoms with Crippen LogP contribution in [0.25, 0.3) is 11.3 Å². The Hall–Kier alpha value is -2.87. The second-order valence-electron chi connectivity index (χ2n) is 8.47. The van der Waals surface area contributed by atoms with Gasteiger partial charge < -0.3 is 0 Å². The lowest BCUT2D eigenvalue weighted by Crippen LogP contribution is -1.92. The summed E-state index contributed by atoms with van der Waals surface area (Å²) in [6, 6.07) is 6.01. The van der Waals surface area contributed by atoms with E-state index in [0.717, 1.165) is 28.6 Å². The van der Waals surface area contributed by atoms with Gasteiger partial charge in [-0.25, -0.2) is 9.97 Å². The predicted molar refractivity (Wildman–Crippen MR) is 132 cm³/mol. The van der Waals surface area contributed by atoms with E-state index in [4.69, 9.17) is 0 Å². The maximum atomic E-state index is 4.56. The molecule has 4 heterocycles.